The summed E-state index contributed by atoms with van der Waals surface area (Å²) in [6.07, 6.45) is 1.76. The highest BCUT2D eigenvalue weighted by atomic mass is 16.5. The summed E-state index contributed by atoms with van der Waals surface area (Å²) in [6.45, 7) is 6.07. The molecule has 2 unspecified atom stereocenters. The molecule has 6 nitrogen and oxygen atoms in total. The zero-order valence-corrected chi connectivity index (χ0v) is 18.4. The molecule has 0 spiro atoms. The van der Waals surface area contributed by atoms with Crippen molar-refractivity contribution in [3.8, 4) is 5.75 Å². The highest BCUT2D eigenvalue weighted by molar-refractivity contribution is 6.06. The highest BCUT2D eigenvalue weighted by Crippen LogP contribution is 2.70. The molecule has 0 aliphatic heterocycles. The van der Waals surface area contributed by atoms with E-state index in [2.05, 4.69) is 10.6 Å². The molecule has 2 saturated carbocycles. The first-order valence-electron chi connectivity index (χ1n) is 10.5. The third-order valence-corrected chi connectivity index (χ3v) is 7.89. The zero-order chi connectivity index (χ0) is 22.4. The monoisotopic (exact) mass is 420 g/mol. The molecule has 2 aromatic carbocycles. The SMILES string of the molecule is COc1ccc(NC(=O)c2ccc(NC(=O)C34CCC(C)(C(=O)C3)C4(C)C)cc2)cc1. The maximum absolute atomic E-state index is 13.3. The summed E-state index contributed by atoms with van der Waals surface area (Å²) in [6, 6.07) is 13.9. The van der Waals surface area contributed by atoms with Crippen molar-refractivity contribution in [2.45, 2.75) is 40.0 Å². The largest absolute Gasteiger partial charge is 0.497 e. The van der Waals surface area contributed by atoms with Gasteiger partial charge in [-0.2, -0.15) is 0 Å². The summed E-state index contributed by atoms with van der Waals surface area (Å²) < 4.78 is 5.12. The number of hydrogen-bond acceptors (Lipinski definition) is 4. The van der Waals surface area contributed by atoms with Crippen LogP contribution in [0, 0.1) is 16.2 Å². The number of fused-ring (bicyclic) bond motifs is 2. The average Bonchev–Trinajstić information content (AvgIpc) is 3.05. The van der Waals surface area contributed by atoms with Gasteiger partial charge in [0.2, 0.25) is 5.91 Å². The Balaban J connectivity index is 1.44. The number of rotatable bonds is 5. The Morgan fingerprint density at radius 3 is 1.97 bits per heavy atom. The van der Waals surface area contributed by atoms with Crippen LogP contribution in [-0.2, 0) is 9.59 Å². The number of carbonyl (C=O) groups is 3. The summed E-state index contributed by atoms with van der Waals surface area (Å²) in [7, 11) is 1.59. The Hall–Kier alpha value is -3.15. The zero-order valence-electron chi connectivity index (χ0n) is 18.4. The molecule has 2 atom stereocenters. The lowest BCUT2D eigenvalue weighted by Crippen LogP contribution is -2.43. The molecular weight excluding hydrogens is 392 g/mol. The molecular formula is C25H28N2O4. The van der Waals surface area contributed by atoms with E-state index in [0.717, 1.165) is 12.8 Å². The first-order chi connectivity index (χ1) is 14.6. The fourth-order valence-electron chi connectivity index (χ4n) is 5.19. The van der Waals surface area contributed by atoms with Crippen LogP contribution in [0.2, 0.25) is 0 Å². The number of hydrogen-bond donors (Lipinski definition) is 2. The summed E-state index contributed by atoms with van der Waals surface area (Å²) in [4.78, 5) is 38.4. The molecule has 0 radical (unpaired) electrons. The Bertz CT molecular complexity index is 1040. The quantitative estimate of drug-likeness (QED) is 0.736. The van der Waals surface area contributed by atoms with Gasteiger partial charge in [-0.25, -0.2) is 0 Å². The minimum absolute atomic E-state index is 0.109. The number of nitrogens with one attached hydrogen (secondary N) is 2. The van der Waals surface area contributed by atoms with Gasteiger partial charge in [-0.3, -0.25) is 14.4 Å². The number of carbonyl (C=O) groups excluding carboxylic acids is 3. The van der Waals surface area contributed by atoms with Crippen LogP contribution in [0.15, 0.2) is 48.5 Å². The second-order valence-corrected chi connectivity index (χ2v) is 9.35. The normalized spacial score (nSPS) is 25.9. The van der Waals surface area contributed by atoms with Crippen molar-refractivity contribution in [3.05, 3.63) is 54.1 Å². The number of methoxy groups -OCH3 is 1. The summed E-state index contributed by atoms with van der Waals surface area (Å²) in [5, 5.41) is 5.82. The van der Waals surface area contributed by atoms with Crippen LogP contribution in [0.3, 0.4) is 0 Å². The van der Waals surface area contributed by atoms with Gasteiger partial charge in [-0.05, 0) is 66.8 Å². The van der Waals surface area contributed by atoms with E-state index in [9.17, 15) is 14.4 Å². The first-order valence-corrected chi connectivity index (χ1v) is 10.5. The molecule has 2 aromatic rings. The van der Waals surface area contributed by atoms with Gasteiger partial charge < -0.3 is 15.4 Å². The fraction of sp³-hybridized carbons (Fsp3) is 0.400. The van der Waals surface area contributed by atoms with Crippen LogP contribution in [0.1, 0.15) is 50.4 Å². The van der Waals surface area contributed by atoms with Gasteiger partial charge in [0, 0.05) is 28.8 Å². The Labute approximate surface area is 182 Å². The Morgan fingerprint density at radius 2 is 1.45 bits per heavy atom. The van der Waals surface area contributed by atoms with Gasteiger partial charge in [-0.15, -0.1) is 0 Å². The molecule has 2 aliphatic rings. The van der Waals surface area contributed by atoms with Gasteiger partial charge in [0.15, 0.2) is 0 Å². The van der Waals surface area contributed by atoms with E-state index in [1.165, 1.54) is 0 Å². The van der Waals surface area contributed by atoms with Gasteiger partial charge in [0.1, 0.15) is 11.5 Å². The molecule has 2 aliphatic carbocycles. The van der Waals surface area contributed by atoms with E-state index in [0.29, 0.717) is 29.1 Å². The van der Waals surface area contributed by atoms with E-state index >= 15 is 0 Å². The number of amides is 2. The van der Waals surface area contributed by atoms with Crippen molar-refractivity contribution in [2.24, 2.45) is 16.2 Å². The second-order valence-electron chi connectivity index (χ2n) is 9.35. The highest BCUT2D eigenvalue weighted by Gasteiger charge is 2.72. The predicted octanol–water partition coefficient (Wildman–Crippen LogP) is 4.67. The van der Waals surface area contributed by atoms with Crippen LogP contribution in [0.5, 0.6) is 5.75 Å². The average molecular weight is 421 g/mol. The van der Waals surface area contributed by atoms with Crippen molar-refractivity contribution in [3.63, 3.8) is 0 Å². The maximum atomic E-state index is 13.3. The Kier molecular flexibility index (Phi) is 4.91. The molecule has 0 saturated heterocycles. The van der Waals surface area contributed by atoms with Crippen molar-refractivity contribution in [2.75, 3.05) is 17.7 Å². The summed E-state index contributed by atoms with van der Waals surface area (Å²) in [5.74, 6) is 0.551. The van der Waals surface area contributed by atoms with Gasteiger partial charge in [0.05, 0.1) is 12.5 Å². The van der Waals surface area contributed by atoms with E-state index < -0.39 is 10.8 Å². The predicted molar refractivity (Wildman–Crippen MR) is 119 cm³/mol. The molecule has 6 heteroatoms. The van der Waals surface area contributed by atoms with Crippen LogP contribution in [-0.4, -0.2) is 24.7 Å². The molecule has 4 rings (SSSR count). The van der Waals surface area contributed by atoms with Crippen LogP contribution in [0.4, 0.5) is 11.4 Å². The lowest BCUT2D eigenvalue weighted by Gasteiger charge is -2.38. The number of ketones is 1. The van der Waals surface area contributed by atoms with Crippen molar-refractivity contribution in [1.82, 2.24) is 0 Å². The molecule has 0 heterocycles. The Morgan fingerprint density at radius 1 is 0.871 bits per heavy atom. The van der Waals surface area contributed by atoms with Gasteiger partial charge >= 0.3 is 0 Å². The molecule has 2 bridgehead atoms. The standard InChI is InChI=1S/C25H28N2O4/c1-23(2)24(3)13-14-25(23,15-20(24)28)22(30)27-18-7-5-16(6-8-18)21(29)26-17-9-11-19(31-4)12-10-17/h5-12H,13-15H2,1-4H3,(H,26,29)(H,27,30). The number of Topliss-reactive ketones (excluding diaryl/α,β-unsaturated/α-hetero) is 1. The molecule has 0 aromatic heterocycles. The van der Waals surface area contributed by atoms with Gasteiger partial charge in [-0.1, -0.05) is 20.8 Å². The molecule has 2 N–H and O–H groups in total. The van der Waals surface area contributed by atoms with Crippen LogP contribution < -0.4 is 15.4 Å². The maximum Gasteiger partial charge on any atom is 0.255 e. The minimum atomic E-state index is -0.677. The third-order valence-electron chi connectivity index (χ3n) is 7.89. The van der Waals surface area contributed by atoms with Crippen molar-refractivity contribution >= 4 is 29.0 Å². The van der Waals surface area contributed by atoms with E-state index in [1.54, 1.807) is 55.6 Å². The van der Waals surface area contributed by atoms with Gasteiger partial charge in [0.25, 0.3) is 5.91 Å². The van der Waals surface area contributed by atoms with E-state index in [4.69, 9.17) is 4.74 Å². The van der Waals surface area contributed by atoms with Crippen molar-refractivity contribution in [1.29, 1.82) is 0 Å². The third kappa shape index (κ3) is 3.12. The number of anilines is 2. The lowest BCUT2D eigenvalue weighted by atomic mass is 9.64. The fourth-order valence-corrected chi connectivity index (χ4v) is 5.19. The molecule has 162 valence electrons. The minimum Gasteiger partial charge on any atom is -0.497 e. The molecule has 2 fully saturated rings. The molecule has 31 heavy (non-hydrogen) atoms. The second kappa shape index (κ2) is 7.22. The van der Waals surface area contributed by atoms with E-state index in [-0.39, 0.29) is 23.0 Å². The number of ether oxygens (including phenoxy) is 1. The summed E-state index contributed by atoms with van der Waals surface area (Å²) in [5.41, 5.74) is 0.261. The van der Waals surface area contributed by atoms with Crippen LogP contribution in [0.25, 0.3) is 0 Å². The molecule has 2 amide bonds. The van der Waals surface area contributed by atoms with Crippen molar-refractivity contribution < 1.29 is 19.1 Å². The topological polar surface area (TPSA) is 84.5 Å². The smallest absolute Gasteiger partial charge is 0.255 e. The van der Waals surface area contributed by atoms with E-state index in [1.807, 2.05) is 20.8 Å². The first kappa shape index (κ1) is 21.1. The lowest BCUT2D eigenvalue weighted by molar-refractivity contribution is -0.131. The van der Waals surface area contributed by atoms with Crippen LogP contribution >= 0.6 is 0 Å². The number of benzene rings is 2. The summed E-state index contributed by atoms with van der Waals surface area (Å²) >= 11 is 0.